The van der Waals surface area contributed by atoms with E-state index < -0.39 is 16.1 Å². The third-order valence-corrected chi connectivity index (χ3v) is 8.86. The molecule has 0 spiro atoms. The fourth-order valence-corrected chi connectivity index (χ4v) is 6.43. The molecule has 2 amide bonds. The van der Waals surface area contributed by atoms with Gasteiger partial charge in [0.05, 0.1) is 10.6 Å². The molecule has 2 aromatic carbocycles. The van der Waals surface area contributed by atoms with Gasteiger partial charge in [-0.1, -0.05) is 6.07 Å². The second-order valence-electron chi connectivity index (χ2n) is 9.27. The van der Waals surface area contributed by atoms with Crippen molar-refractivity contribution in [2.24, 2.45) is 5.92 Å². The SMILES string of the molecule is C[C@H]1Oc2ccc(NC(=O)C3CCN(S(=O)(=O)c4ccc5c(c4)CCCC5)CC3)cc2NC1=O. The van der Waals surface area contributed by atoms with Crippen molar-refractivity contribution in [2.45, 2.75) is 56.4 Å². The lowest BCUT2D eigenvalue weighted by molar-refractivity contribution is -0.122. The second kappa shape index (κ2) is 9.03. The van der Waals surface area contributed by atoms with Crippen molar-refractivity contribution in [1.29, 1.82) is 0 Å². The van der Waals surface area contributed by atoms with Crippen LogP contribution < -0.4 is 15.4 Å². The monoisotopic (exact) mass is 483 g/mol. The number of fused-ring (bicyclic) bond motifs is 2. The second-order valence-corrected chi connectivity index (χ2v) is 11.2. The fraction of sp³-hybridized carbons (Fsp3) is 0.440. The summed E-state index contributed by atoms with van der Waals surface area (Å²) in [6.07, 6.45) is 4.55. The number of nitrogens with zero attached hydrogens (tertiary/aromatic N) is 1. The first-order chi connectivity index (χ1) is 16.3. The van der Waals surface area contributed by atoms with Crippen molar-refractivity contribution >= 4 is 33.2 Å². The molecule has 9 heteroatoms. The highest BCUT2D eigenvalue weighted by molar-refractivity contribution is 7.89. The quantitative estimate of drug-likeness (QED) is 0.694. The number of rotatable bonds is 4. The number of piperidine rings is 1. The van der Waals surface area contributed by atoms with Crippen LogP contribution in [0.1, 0.15) is 43.7 Å². The summed E-state index contributed by atoms with van der Waals surface area (Å²) in [5, 5.41) is 5.66. The number of carbonyl (C=O) groups excluding carboxylic acids is 2. The minimum absolute atomic E-state index is 0.151. The van der Waals surface area contributed by atoms with Crippen molar-refractivity contribution in [1.82, 2.24) is 4.31 Å². The Kier molecular flexibility index (Phi) is 6.07. The summed E-state index contributed by atoms with van der Waals surface area (Å²) in [4.78, 5) is 25.0. The van der Waals surface area contributed by atoms with Gasteiger partial charge >= 0.3 is 0 Å². The Labute approximate surface area is 199 Å². The van der Waals surface area contributed by atoms with Gasteiger partial charge in [-0.3, -0.25) is 9.59 Å². The summed E-state index contributed by atoms with van der Waals surface area (Å²) in [7, 11) is -3.58. The lowest BCUT2D eigenvalue weighted by atomic mass is 9.92. The van der Waals surface area contributed by atoms with E-state index in [0.717, 1.165) is 31.2 Å². The maximum atomic E-state index is 13.2. The average molecular weight is 484 g/mol. The molecule has 3 aliphatic rings. The molecule has 0 unspecified atom stereocenters. The number of benzene rings is 2. The largest absolute Gasteiger partial charge is 0.479 e. The van der Waals surface area contributed by atoms with E-state index in [4.69, 9.17) is 4.74 Å². The minimum Gasteiger partial charge on any atom is -0.479 e. The van der Waals surface area contributed by atoms with Crippen LogP contribution in [-0.4, -0.2) is 43.7 Å². The Morgan fingerprint density at radius 3 is 2.56 bits per heavy atom. The molecule has 0 aromatic heterocycles. The maximum Gasteiger partial charge on any atom is 0.265 e. The van der Waals surface area contributed by atoms with Gasteiger partial charge in [0.2, 0.25) is 15.9 Å². The van der Waals surface area contributed by atoms with Gasteiger partial charge in [0.1, 0.15) is 5.75 Å². The van der Waals surface area contributed by atoms with Gasteiger partial charge in [-0.2, -0.15) is 4.31 Å². The zero-order valence-electron chi connectivity index (χ0n) is 19.2. The van der Waals surface area contributed by atoms with Gasteiger partial charge in [-0.15, -0.1) is 0 Å². The highest BCUT2D eigenvalue weighted by Crippen LogP contribution is 2.33. The molecule has 2 N–H and O–H groups in total. The molecule has 1 fully saturated rings. The summed E-state index contributed by atoms with van der Waals surface area (Å²) in [6, 6.07) is 10.6. The number of sulfonamides is 1. The number of nitrogens with one attached hydrogen (secondary N) is 2. The molecule has 8 nitrogen and oxygen atoms in total. The van der Waals surface area contributed by atoms with Crippen molar-refractivity contribution in [3.05, 3.63) is 47.5 Å². The predicted molar refractivity (Wildman–Crippen MR) is 128 cm³/mol. The van der Waals surface area contributed by atoms with Crippen LogP contribution in [0.5, 0.6) is 5.75 Å². The van der Waals surface area contributed by atoms with Crippen molar-refractivity contribution < 1.29 is 22.7 Å². The van der Waals surface area contributed by atoms with Crippen LogP contribution in [0, 0.1) is 5.92 Å². The van der Waals surface area contributed by atoms with Gasteiger partial charge in [0, 0.05) is 24.7 Å². The number of anilines is 2. The predicted octanol–water partition coefficient (Wildman–Crippen LogP) is 3.32. The first-order valence-electron chi connectivity index (χ1n) is 11.9. The summed E-state index contributed by atoms with van der Waals surface area (Å²) in [6.45, 7) is 2.29. The van der Waals surface area contributed by atoms with E-state index >= 15 is 0 Å². The molecule has 2 aliphatic heterocycles. The fourth-order valence-electron chi connectivity index (χ4n) is 4.91. The summed E-state index contributed by atoms with van der Waals surface area (Å²) < 4.78 is 33.4. The van der Waals surface area contributed by atoms with Crippen LogP contribution >= 0.6 is 0 Å². The van der Waals surface area contributed by atoms with E-state index in [0.29, 0.717) is 48.0 Å². The molecule has 2 heterocycles. The molecular weight excluding hydrogens is 454 g/mol. The van der Waals surface area contributed by atoms with Crippen molar-refractivity contribution in [3.8, 4) is 5.75 Å². The molecular formula is C25H29N3O5S. The van der Waals surface area contributed by atoms with Gasteiger partial charge in [0.15, 0.2) is 6.10 Å². The molecule has 0 bridgehead atoms. The van der Waals surface area contributed by atoms with Crippen LogP contribution in [-0.2, 0) is 32.5 Å². The topological polar surface area (TPSA) is 105 Å². The Hall–Kier alpha value is -2.91. The van der Waals surface area contributed by atoms with Crippen molar-refractivity contribution in [2.75, 3.05) is 23.7 Å². The molecule has 5 rings (SSSR count). The van der Waals surface area contributed by atoms with Crippen LogP contribution in [0.3, 0.4) is 0 Å². The number of hydrogen-bond donors (Lipinski definition) is 2. The Morgan fingerprint density at radius 2 is 1.79 bits per heavy atom. The molecule has 0 saturated carbocycles. The number of aryl methyl sites for hydroxylation is 2. The molecule has 1 aliphatic carbocycles. The highest BCUT2D eigenvalue weighted by atomic mass is 32.2. The van der Waals surface area contributed by atoms with E-state index in [9.17, 15) is 18.0 Å². The van der Waals surface area contributed by atoms with Crippen LogP contribution in [0.4, 0.5) is 11.4 Å². The third-order valence-electron chi connectivity index (χ3n) is 6.96. The third kappa shape index (κ3) is 4.42. The van der Waals surface area contributed by atoms with E-state index in [1.165, 1.54) is 9.87 Å². The van der Waals surface area contributed by atoms with E-state index in [2.05, 4.69) is 10.6 Å². The normalized spacial score (nSPS) is 21.1. The van der Waals surface area contributed by atoms with Crippen molar-refractivity contribution in [3.63, 3.8) is 0 Å². The smallest absolute Gasteiger partial charge is 0.265 e. The van der Waals surface area contributed by atoms with E-state index in [-0.39, 0.29) is 17.7 Å². The molecule has 2 aromatic rings. The van der Waals surface area contributed by atoms with Gasteiger partial charge in [0.25, 0.3) is 5.91 Å². The Bertz CT molecular complexity index is 1240. The van der Waals surface area contributed by atoms with Crippen LogP contribution in [0.25, 0.3) is 0 Å². The highest BCUT2D eigenvalue weighted by Gasteiger charge is 2.33. The number of carbonyl (C=O) groups is 2. The summed E-state index contributed by atoms with van der Waals surface area (Å²) >= 11 is 0. The summed E-state index contributed by atoms with van der Waals surface area (Å²) in [5.74, 6) is -0.103. The van der Waals surface area contributed by atoms with Gasteiger partial charge in [-0.25, -0.2) is 8.42 Å². The zero-order valence-corrected chi connectivity index (χ0v) is 20.0. The summed E-state index contributed by atoms with van der Waals surface area (Å²) in [5.41, 5.74) is 3.48. The first kappa shape index (κ1) is 22.9. The van der Waals surface area contributed by atoms with E-state index in [1.54, 1.807) is 31.2 Å². The maximum absolute atomic E-state index is 13.2. The zero-order chi connectivity index (χ0) is 23.9. The Morgan fingerprint density at radius 1 is 1.06 bits per heavy atom. The minimum atomic E-state index is -3.58. The van der Waals surface area contributed by atoms with Crippen LogP contribution in [0.2, 0.25) is 0 Å². The first-order valence-corrected chi connectivity index (χ1v) is 13.3. The molecule has 34 heavy (non-hydrogen) atoms. The molecule has 0 radical (unpaired) electrons. The van der Waals surface area contributed by atoms with Crippen LogP contribution in [0.15, 0.2) is 41.3 Å². The number of ether oxygens (including phenoxy) is 1. The molecule has 180 valence electrons. The lowest BCUT2D eigenvalue weighted by Crippen LogP contribution is -2.41. The molecule has 1 saturated heterocycles. The standard InChI is InChI=1S/C25H29N3O5S/c1-16-24(29)27-22-15-20(7-9-23(22)33-16)26-25(30)18-10-12-28(13-11-18)34(31,32)21-8-6-17-4-2-3-5-19(17)14-21/h6-9,14-16,18H,2-5,10-13H2,1H3,(H,26,30)(H,27,29)/t16-/m1/s1. The lowest BCUT2D eigenvalue weighted by Gasteiger charge is -2.31. The Balaban J connectivity index is 1.21. The van der Waals surface area contributed by atoms with E-state index in [1.807, 2.05) is 12.1 Å². The molecule has 1 atom stereocenters. The number of hydrogen-bond acceptors (Lipinski definition) is 5. The van der Waals surface area contributed by atoms with Gasteiger partial charge < -0.3 is 15.4 Å². The number of amides is 2. The van der Waals surface area contributed by atoms with Gasteiger partial charge in [-0.05, 0) is 86.9 Å². The average Bonchev–Trinajstić information content (AvgIpc) is 2.84.